The number of ether oxygens (including phenoxy) is 1. The number of carbonyl (C=O) groups excluding carboxylic acids is 1. The second-order valence-electron chi connectivity index (χ2n) is 4.57. The molecule has 1 unspecified atom stereocenters. The standard InChI is InChI=1S/C12H22ClNO2/c1-3-16-11-6-10(7-11)8-12(15)14-9(2)4-5-13/h9-11H,3-8H2,1-2H3,(H,14,15). The fourth-order valence-corrected chi connectivity index (χ4v) is 2.37. The van der Waals surface area contributed by atoms with E-state index >= 15 is 0 Å². The van der Waals surface area contributed by atoms with Gasteiger partial charge in [0.05, 0.1) is 6.10 Å². The molecule has 0 heterocycles. The van der Waals surface area contributed by atoms with E-state index in [2.05, 4.69) is 5.32 Å². The predicted octanol–water partition coefficient (Wildman–Crippen LogP) is 2.33. The van der Waals surface area contributed by atoms with Crippen LogP contribution in [0, 0.1) is 5.92 Å². The molecule has 1 aliphatic rings. The van der Waals surface area contributed by atoms with E-state index in [1.807, 2.05) is 13.8 Å². The van der Waals surface area contributed by atoms with Crippen molar-refractivity contribution in [1.82, 2.24) is 5.32 Å². The second-order valence-corrected chi connectivity index (χ2v) is 4.94. The molecule has 1 saturated carbocycles. The molecule has 94 valence electrons. The van der Waals surface area contributed by atoms with Crippen LogP contribution in [0.5, 0.6) is 0 Å². The molecule has 0 aromatic heterocycles. The van der Waals surface area contributed by atoms with Gasteiger partial charge in [-0.2, -0.15) is 0 Å². The minimum Gasteiger partial charge on any atom is -0.378 e. The average molecular weight is 248 g/mol. The molecule has 3 nitrogen and oxygen atoms in total. The number of carbonyl (C=O) groups is 1. The lowest BCUT2D eigenvalue weighted by Gasteiger charge is -2.34. The van der Waals surface area contributed by atoms with Crippen LogP contribution >= 0.6 is 11.6 Å². The molecular formula is C12H22ClNO2. The average Bonchev–Trinajstić information content (AvgIpc) is 2.14. The van der Waals surface area contributed by atoms with Gasteiger partial charge in [0.15, 0.2) is 0 Å². The number of halogens is 1. The van der Waals surface area contributed by atoms with Gasteiger partial charge in [0.2, 0.25) is 5.91 Å². The summed E-state index contributed by atoms with van der Waals surface area (Å²) in [7, 11) is 0. The van der Waals surface area contributed by atoms with Crippen LogP contribution in [0.15, 0.2) is 0 Å². The summed E-state index contributed by atoms with van der Waals surface area (Å²) >= 11 is 5.61. The highest BCUT2D eigenvalue weighted by Crippen LogP contribution is 2.32. The Morgan fingerprint density at radius 2 is 2.25 bits per heavy atom. The first-order chi connectivity index (χ1) is 7.65. The Hall–Kier alpha value is -0.280. The molecule has 1 rings (SSSR count). The number of rotatable bonds is 7. The van der Waals surface area contributed by atoms with Crippen molar-refractivity contribution in [2.45, 2.75) is 51.7 Å². The SMILES string of the molecule is CCOC1CC(CC(=O)NC(C)CCCl)C1. The molecule has 16 heavy (non-hydrogen) atoms. The monoisotopic (exact) mass is 247 g/mol. The Morgan fingerprint density at radius 1 is 1.56 bits per heavy atom. The molecular weight excluding hydrogens is 226 g/mol. The van der Waals surface area contributed by atoms with Crippen LogP contribution in [0.1, 0.15) is 39.5 Å². The fraction of sp³-hybridized carbons (Fsp3) is 0.917. The maximum Gasteiger partial charge on any atom is 0.220 e. The molecule has 1 amide bonds. The molecule has 0 aromatic carbocycles. The van der Waals surface area contributed by atoms with Gasteiger partial charge in [-0.15, -0.1) is 11.6 Å². The molecule has 0 radical (unpaired) electrons. The van der Waals surface area contributed by atoms with Crippen molar-refractivity contribution in [3.8, 4) is 0 Å². The summed E-state index contributed by atoms with van der Waals surface area (Å²) in [5.74, 6) is 1.26. The maximum absolute atomic E-state index is 11.6. The zero-order valence-corrected chi connectivity index (χ0v) is 10.9. The number of hydrogen-bond acceptors (Lipinski definition) is 2. The third-order valence-corrected chi connectivity index (χ3v) is 3.24. The van der Waals surface area contributed by atoms with E-state index in [0.29, 0.717) is 24.3 Å². The summed E-state index contributed by atoms with van der Waals surface area (Å²) in [5, 5.41) is 2.96. The van der Waals surface area contributed by atoms with Crippen molar-refractivity contribution < 1.29 is 9.53 Å². The minimum absolute atomic E-state index is 0.151. The highest BCUT2D eigenvalue weighted by Gasteiger charge is 2.31. The van der Waals surface area contributed by atoms with Crippen LogP contribution in [0.4, 0.5) is 0 Å². The first-order valence-electron chi connectivity index (χ1n) is 6.12. The van der Waals surface area contributed by atoms with Crippen molar-refractivity contribution in [3.63, 3.8) is 0 Å². The second kappa shape index (κ2) is 7.13. The van der Waals surface area contributed by atoms with E-state index in [4.69, 9.17) is 16.3 Å². The van der Waals surface area contributed by atoms with Crippen LogP contribution < -0.4 is 5.32 Å². The lowest BCUT2D eigenvalue weighted by molar-refractivity contribution is -0.124. The van der Waals surface area contributed by atoms with Gasteiger partial charge in [-0.3, -0.25) is 4.79 Å². The third-order valence-electron chi connectivity index (χ3n) is 3.02. The van der Waals surface area contributed by atoms with Crippen LogP contribution in [-0.4, -0.2) is 30.5 Å². The largest absolute Gasteiger partial charge is 0.378 e. The van der Waals surface area contributed by atoms with Crippen LogP contribution in [0.2, 0.25) is 0 Å². The van der Waals surface area contributed by atoms with Gasteiger partial charge < -0.3 is 10.1 Å². The molecule has 1 aliphatic carbocycles. The molecule has 1 atom stereocenters. The summed E-state index contributed by atoms with van der Waals surface area (Å²) in [6.45, 7) is 4.77. The van der Waals surface area contributed by atoms with E-state index in [-0.39, 0.29) is 11.9 Å². The lowest BCUT2D eigenvalue weighted by Crippen LogP contribution is -2.38. The van der Waals surface area contributed by atoms with Crippen molar-refractivity contribution in [2.75, 3.05) is 12.5 Å². The molecule has 0 aliphatic heterocycles. The van der Waals surface area contributed by atoms with Gasteiger partial charge in [-0.25, -0.2) is 0 Å². The molecule has 0 bridgehead atoms. The number of nitrogens with one attached hydrogen (secondary N) is 1. The van der Waals surface area contributed by atoms with Crippen LogP contribution in [0.25, 0.3) is 0 Å². The summed E-state index contributed by atoms with van der Waals surface area (Å²) in [6.07, 6.45) is 3.93. The van der Waals surface area contributed by atoms with E-state index in [1.54, 1.807) is 0 Å². The molecule has 0 spiro atoms. The molecule has 1 fully saturated rings. The molecule has 4 heteroatoms. The number of hydrogen-bond donors (Lipinski definition) is 1. The van der Waals surface area contributed by atoms with E-state index in [1.165, 1.54) is 0 Å². The Bertz CT molecular complexity index is 217. The molecule has 0 aromatic rings. The van der Waals surface area contributed by atoms with E-state index in [0.717, 1.165) is 25.9 Å². The van der Waals surface area contributed by atoms with Crippen molar-refractivity contribution >= 4 is 17.5 Å². The Kier molecular flexibility index (Phi) is 6.14. The Labute approximate surface area is 103 Å². The first kappa shape index (κ1) is 13.8. The normalized spacial score (nSPS) is 25.9. The summed E-state index contributed by atoms with van der Waals surface area (Å²) in [5.41, 5.74) is 0. The van der Waals surface area contributed by atoms with Gasteiger partial charge in [0.25, 0.3) is 0 Å². The van der Waals surface area contributed by atoms with Crippen molar-refractivity contribution in [3.05, 3.63) is 0 Å². The quantitative estimate of drug-likeness (QED) is 0.702. The van der Waals surface area contributed by atoms with Crippen LogP contribution in [0.3, 0.4) is 0 Å². The van der Waals surface area contributed by atoms with E-state index in [9.17, 15) is 4.79 Å². The van der Waals surface area contributed by atoms with Gasteiger partial charge >= 0.3 is 0 Å². The molecule has 0 saturated heterocycles. The summed E-state index contributed by atoms with van der Waals surface area (Å²) < 4.78 is 5.46. The minimum atomic E-state index is 0.151. The third kappa shape index (κ3) is 4.71. The van der Waals surface area contributed by atoms with Gasteiger partial charge in [0, 0.05) is 24.9 Å². The van der Waals surface area contributed by atoms with Gasteiger partial charge in [-0.05, 0) is 39.0 Å². The van der Waals surface area contributed by atoms with E-state index < -0.39 is 0 Å². The van der Waals surface area contributed by atoms with Crippen molar-refractivity contribution in [1.29, 1.82) is 0 Å². The Morgan fingerprint density at radius 3 is 2.81 bits per heavy atom. The maximum atomic E-state index is 11.6. The number of alkyl halides is 1. The fourth-order valence-electron chi connectivity index (χ4n) is 2.04. The zero-order valence-electron chi connectivity index (χ0n) is 10.2. The lowest BCUT2D eigenvalue weighted by atomic mass is 9.80. The summed E-state index contributed by atoms with van der Waals surface area (Å²) in [4.78, 5) is 11.6. The highest BCUT2D eigenvalue weighted by molar-refractivity contribution is 6.17. The predicted molar refractivity (Wildman–Crippen MR) is 65.7 cm³/mol. The van der Waals surface area contributed by atoms with Crippen molar-refractivity contribution in [2.24, 2.45) is 5.92 Å². The number of amides is 1. The van der Waals surface area contributed by atoms with Gasteiger partial charge in [-0.1, -0.05) is 0 Å². The van der Waals surface area contributed by atoms with Gasteiger partial charge in [0.1, 0.15) is 0 Å². The first-order valence-corrected chi connectivity index (χ1v) is 6.66. The smallest absolute Gasteiger partial charge is 0.220 e. The highest BCUT2D eigenvalue weighted by atomic mass is 35.5. The van der Waals surface area contributed by atoms with Crippen LogP contribution in [-0.2, 0) is 9.53 Å². The zero-order chi connectivity index (χ0) is 12.0. The molecule has 1 N–H and O–H groups in total. The topological polar surface area (TPSA) is 38.3 Å². The Balaban J connectivity index is 2.07. The summed E-state index contributed by atoms with van der Waals surface area (Å²) in [6, 6.07) is 0.188.